The summed E-state index contributed by atoms with van der Waals surface area (Å²) in [6, 6.07) is 1.54. The quantitative estimate of drug-likeness (QED) is 0.675. The Morgan fingerprint density at radius 1 is 1.17 bits per heavy atom. The molecule has 0 radical (unpaired) electrons. The van der Waals surface area contributed by atoms with E-state index in [2.05, 4.69) is 37.9 Å². The third kappa shape index (κ3) is 4.89. The molecule has 2 unspecified atom stereocenters. The van der Waals surface area contributed by atoms with Gasteiger partial charge in [-0.05, 0) is 38.3 Å². The number of rotatable bonds is 9. The molecule has 0 aromatic rings. The zero-order chi connectivity index (χ0) is 13.4. The van der Waals surface area contributed by atoms with Gasteiger partial charge in [-0.25, -0.2) is 0 Å². The highest BCUT2D eigenvalue weighted by atomic mass is 15.2. The summed E-state index contributed by atoms with van der Waals surface area (Å²) in [6.45, 7) is 12.9. The molecule has 1 aliphatic carbocycles. The lowest BCUT2D eigenvalue weighted by atomic mass is 9.97. The maximum atomic E-state index is 3.77. The van der Waals surface area contributed by atoms with Gasteiger partial charge in [-0.1, -0.05) is 47.0 Å². The standard InChI is InChI=1S/C16H34N2/c1-5-12-17-16(14(4)6-2)13-18(7-3)15-10-8-9-11-15/h14-17H,5-13H2,1-4H3. The van der Waals surface area contributed by atoms with Crippen molar-refractivity contribution in [2.75, 3.05) is 19.6 Å². The number of hydrogen-bond acceptors (Lipinski definition) is 2. The third-order valence-electron chi connectivity index (χ3n) is 4.67. The fourth-order valence-corrected chi connectivity index (χ4v) is 3.12. The van der Waals surface area contributed by atoms with E-state index in [1.54, 1.807) is 0 Å². The minimum atomic E-state index is 0.676. The average Bonchev–Trinajstić information content (AvgIpc) is 2.92. The van der Waals surface area contributed by atoms with E-state index in [4.69, 9.17) is 0 Å². The Hall–Kier alpha value is -0.0800. The fraction of sp³-hybridized carbons (Fsp3) is 1.00. The van der Waals surface area contributed by atoms with Crippen LogP contribution in [-0.2, 0) is 0 Å². The summed E-state index contributed by atoms with van der Waals surface area (Å²) in [5, 5.41) is 3.77. The van der Waals surface area contributed by atoms with E-state index in [1.165, 1.54) is 51.6 Å². The second-order valence-electron chi connectivity index (χ2n) is 5.97. The largest absolute Gasteiger partial charge is 0.312 e. The van der Waals surface area contributed by atoms with Gasteiger partial charge < -0.3 is 5.32 Å². The van der Waals surface area contributed by atoms with Gasteiger partial charge in [0.1, 0.15) is 0 Å². The van der Waals surface area contributed by atoms with E-state index in [9.17, 15) is 0 Å². The molecule has 1 aliphatic rings. The first kappa shape index (κ1) is 16.0. The molecule has 108 valence electrons. The summed E-state index contributed by atoms with van der Waals surface area (Å²) >= 11 is 0. The first-order valence-electron chi connectivity index (χ1n) is 8.20. The molecule has 1 fully saturated rings. The molecule has 0 aromatic carbocycles. The van der Waals surface area contributed by atoms with Crippen molar-refractivity contribution in [2.24, 2.45) is 5.92 Å². The number of nitrogens with one attached hydrogen (secondary N) is 1. The predicted molar refractivity (Wildman–Crippen MR) is 81.0 cm³/mol. The van der Waals surface area contributed by atoms with Crippen molar-refractivity contribution in [1.82, 2.24) is 10.2 Å². The predicted octanol–water partition coefficient (Wildman–Crippen LogP) is 3.67. The van der Waals surface area contributed by atoms with Crippen LogP contribution in [0, 0.1) is 5.92 Å². The van der Waals surface area contributed by atoms with E-state index >= 15 is 0 Å². The van der Waals surface area contributed by atoms with Crippen LogP contribution in [0.2, 0.25) is 0 Å². The van der Waals surface area contributed by atoms with Gasteiger partial charge in [-0.15, -0.1) is 0 Å². The van der Waals surface area contributed by atoms with Gasteiger partial charge in [0.2, 0.25) is 0 Å². The van der Waals surface area contributed by atoms with Gasteiger partial charge in [-0.2, -0.15) is 0 Å². The molecular weight excluding hydrogens is 220 g/mol. The molecule has 1 rings (SSSR count). The molecule has 0 aliphatic heterocycles. The first-order valence-corrected chi connectivity index (χ1v) is 8.20. The molecule has 1 N–H and O–H groups in total. The van der Waals surface area contributed by atoms with E-state index < -0.39 is 0 Å². The van der Waals surface area contributed by atoms with Crippen LogP contribution < -0.4 is 5.32 Å². The molecule has 0 bridgehead atoms. The molecule has 0 heterocycles. The molecule has 0 saturated heterocycles. The SMILES string of the molecule is CCCNC(CN(CC)C1CCCC1)C(C)CC. The van der Waals surface area contributed by atoms with E-state index in [-0.39, 0.29) is 0 Å². The highest BCUT2D eigenvalue weighted by Crippen LogP contribution is 2.24. The van der Waals surface area contributed by atoms with Gasteiger partial charge >= 0.3 is 0 Å². The third-order valence-corrected chi connectivity index (χ3v) is 4.67. The molecule has 2 atom stereocenters. The van der Waals surface area contributed by atoms with Gasteiger partial charge in [0.25, 0.3) is 0 Å². The van der Waals surface area contributed by atoms with Crippen LogP contribution in [0.3, 0.4) is 0 Å². The van der Waals surface area contributed by atoms with Crippen LogP contribution >= 0.6 is 0 Å². The molecule has 0 amide bonds. The fourth-order valence-electron chi connectivity index (χ4n) is 3.12. The van der Waals surface area contributed by atoms with Crippen molar-refractivity contribution < 1.29 is 0 Å². The molecule has 1 saturated carbocycles. The highest BCUT2D eigenvalue weighted by Gasteiger charge is 2.25. The van der Waals surface area contributed by atoms with Gasteiger partial charge in [0, 0.05) is 18.6 Å². The van der Waals surface area contributed by atoms with Crippen molar-refractivity contribution in [1.29, 1.82) is 0 Å². The van der Waals surface area contributed by atoms with Crippen molar-refractivity contribution in [3.05, 3.63) is 0 Å². The van der Waals surface area contributed by atoms with Gasteiger partial charge in [0.15, 0.2) is 0 Å². The Balaban J connectivity index is 2.49. The summed E-state index contributed by atoms with van der Waals surface area (Å²) in [5.41, 5.74) is 0. The van der Waals surface area contributed by atoms with Crippen LogP contribution in [0.4, 0.5) is 0 Å². The molecule has 0 aromatic heterocycles. The van der Waals surface area contributed by atoms with E-state index in [1.807, 2.05) is 0 Å². The summed E-state index contributed by atoms with van der Waals surface area (Å²) < 4.78 is 0. The Morgan fingerprint density at radius 3 is 2.33 bits per heavy atom. The summed E-state index contributed by atoms with van der Waals surface area (Å²) in [4.78, 5) is 2.73. The average molecular weight is 254 g/mol. The highest BCUT2D eigenvalue weighted by molar-refractivity contribution is 4.82. The minimum Gasteiger partial charge on any atom is -0.312 e. The van der Waals surface area contributed by atoms with Gasteiger partial charge in [0.05, 0.1) is 0 Å². The Bertz CT molecular complexity index is 199. The Kier molecular flexibility index (Phi) is 7.92. The Morgan fingerprint density at radius 2 is 1.83 bits per heavy atom. The lowest BCUT2D eigenvalue weighted by molar-refractivity contribution is 0.166. The van der Waals surface area contributed by atoms with Crippen molar-refractivity contribution >= 4 is 0 Å². The molecular formula is C16H34N2. The van der Waals surface area contributed by atoms with Crippen molar-refractivity contribution in [3.63, 3.8) is 0 Å². The van der Waals surface area contributed by atoms with E-state index in [0.717, 1.165) is 18.5 Å². The van der Waals surface area contributed by atoms with Crippen LogP contribution in [0.15, 0.2) is 0 Å². The molecule has 0 spiro atoms. The summed E-state index contributed by atoms with van der Waals surface area (Å²) in [6.07, 6.45) is 8.25. The summed E-state index contributed by atoms with van der Waals surface area (Å²) in [5.74, 6) is 0.784. The van der Waals surface area contributed by atoms with Crippen LogP contribution in [0.25, 0.3) is 0 Å². The first-order chi connectivity index (χ1) is 8.72. The lowest BCUT2D eigenvalue weighted by Crippen LogP contribution is -2.47. The smallest absolute Gasteiger partial charge is 0.0220 e. The molecule has 2 heteroatoms. The maximum Gasteiger partial charge on any atom is 0.0220 e. The lowest BCUT2D eigenvalue weighted by Gasteiger charge is -2.34. The van der Waals surface area contributed by atoms with Crippen molar-refractivity contribution in [2.45, 2.75) is 78.3 Å². The van der Waals surface area contributed by atoms with Crippen molar-refractivity contribution in [3.8, 4) is 0 Å². The Labute approximate surface area is 115 Å². The van der Waals surface area contributed by atoms with Gasteiger partial charge in [-0.3, -0.25) is 4.90 Å². The molecule has 2 nitrogen and oxygen atoms in total. The van der Waals surface area contributed by atoms with Crippen LogP contribution in [-0.4, -0.2) is 36.6 Å². The zero-order valence-electron chi connectivity index (χ0n) is 13.0. The van der Waals surface area contributed by atoms with E-state index in [0.29, 0.717) is 6.04 Å². The minimum absolute atomic E-state index is 0.676. The number of nitrogens with zero attached hydrogens (tertiary/aromatic N) is 1. The van der Waals surface area contributed by atoms with Crippen LogP contribution in [0.5, 0.6) is 0 Å². The molecule has 18 heavy (non-hydrogen) atoms. The topological polar surface area (TPSA) is 15.3 Å². The number of hydrogen-bond donors (Lipinski definition) is 1. The monoisotopic (exact) mass is 254 g/mol. The van der Waals surface area contributed by atoms with Crippen LogP contribution in [0.1, 0.15) is 66.2 Å². The maximum absolute atomic E-state index is 3.77. The second-order valence-corrected chi connectivity index (χ2v) is 5.97. The summed E-state index contributed by atoms with van der Waals surface area (Å²) in [7, 11) is 0. The normalized spacial score (nSPS) is 20.5. The second kappa shape index (κ2) is 8.92. The zero-order valence-corrected chi connectivity index (χ0v) is 13.0. The number of likely N-dealkylation sites (N-methyl/N-ethyl adjacent to an activating group) is 1.